The molecule has 0 spiro atoms. The quantitative estimate of drug-likeness (QED) is 0.838. The van der Waals surface area contributed by atoms with Crippen molar-refractivity contribution in [3.63, 3.8) is 0 Å². The lowest BCUT2D eigenvalue weighted by Crippen LogP contribution is -2.25. The van der Waals surface area contributed by atoms with E-state index in [-0.39, 0.29) is 21.7 Å². The molecule has 1 aromatic rings. The van der Waals surface area contributed by atoms with Gasteiger partial charge in [0.15, 0.2) is 5.12 Å². The van der Waals surface area contributed by atoms with Crippen LogP contribution in [0.2, 0.25) is 0 Å². The first-order chi connectivity index (χ1) is 9.27. The van der Waals surface area contributed by atoms with Crippen LogP contribution in [-0.2, 0) is 15.0 Å². The van der Waals surface area contributed by atoms with Crippen molar-refractivity contribution in [1.82, 2.24) is 0 Å². The number of hydrogen-bond donors (Lipinski definition) is 0. The van der Waals surface area contributed by atoms with Gasteiger partial charge in [0.1, 0.15) is 0 Å². The first kappa shape index (κ1) is 15.1. The molecule has 108 valence electrons. The van der Waals surface area contributed by atoms with Crippen LogP contribution in [0, 0.1) is 0 Å². The molecular weight excluding hydrogens is 270 g/mol. The summed E-state index contributed by atoms with van der Waals surface area (Å²) in [5.74, 6) is 0.104. The summed E-state index contributed by atoms with van der Waals surface area (Å²) in [6.45, 7) is 8.68. The molecule has 0 bridgehead atoms. The summed E-state index contributed by atoms with van der Waals surface area (Å²) in [7, 11) is 0. The number of amides is 1. The molecule has 3 nitrogen and oxygen atoms in total. The Labute approximate surface area is 124 Å². The van der Waals surface area contributed by atoms with Crippen molar-refractivity contribution in [2.24, 2.45) is 0 Å². The van der Waals surface area contributed by atoms with E-state index in [9.17, 15) is 9.59 Å². The summed E-state index contributed by atoms with van der Waals surface area (Å²) in [6, 6.07) is 8.15. The zero-order valence-corrected chi connectivity index (χ0v) is 13.3. The summed E-state index contributed by atoms with van der Waals surface area (Å²) >= 11 is 1.27. The number of rotatable bonds is 2. The number of anilines is 1. The maximum Gasteiger partial charge on any atom is 0.228 e. The van der Waals surface area contributed by atoms with Gasteiger partial charge in [0.05, 0.1) is 0 Å². The molecule has 1 aliphatic heterocycles. The first-order valence-corrected chi connectivity index (χ1v) is 7.73. The van der Waals surface area contributed by atoms with Crippen molar-refractivity contribution >= 4 is 28.5 Å². The van der Waals surface area contributed by atoms with E-state index in [1.54, 1.807) is 11.8 Å². The van der Waals surface area contributed by atoms with Crippen LogP contribution >= 0.6 is 11.8 Å². The van der Waals surface area contributed by atoms with Crippen LogP contribution in [0.25, 0.3) is 0 Å². The van der Waals surface area contributed by atoms with Crippen molar-refractivity contribution in [3.8, 4) is 0 Å². The average Bonchev–Trinajstić information content (AvgIpc) is 2.68. The van der Waals surface area contributed by atoms with Gasteiger partial charge >= 0.3 is 0 Å². The lowest BCUT2D eigenvalue weighted by Gasteiger charge is -2.21. The van der Waals surface area contributed by atoms with Crippen LogP contribution in [0.15, 0.2) is 24.3 Å². The SMILES string of the molecule is CC(=O)SC1CC(=O)N(c2ccc(C(C)(C)C)cc2)C1. The lowest BCUT2D eigenvalue weighted by atomic mass is 9.87. The molecule has 1 saturated heterocycles. The van der Waals surface area contributed by atoms with E-state index in [4.69, 9.17) is 0 Å². The van der Waals surface area contributed by atoms with Gasteiger partial charge in [-0.1, -0.05) is 44.7 Å². The molecule has 0 N–H and O–H groups in total. The highest BCUT2D eigenvalue weighted by molar-refractivity contribution is 8.14. The van der Waals surface area contributed by atoms with E-state index >= 15 is 0 Å². The molecule has 1 heterocycles. The fourth-order valence-corrected chi connectivity index (χ4v) is 3.30. The van der Waals surface area contributed by atoms with E-state index in [0.29, 0.717) is 13.0 Å². The second-order valence-electron chi connectivity index (χ2n) is 6.24. The zero-order chi connectivity index (χ0) is 14.9. The maximum absolute atomic E-state index is 12.0. The lowest BCUT2D eigenvalue weighted by molar-refractivity contribution is -0.117. The Morgan fingerprint density at radius 2 is 1.85 bits per heavy atom. The molecule has 0 aliphatic carbocycles. The second kappa shape index (κ2) is 5.60. The molecule has 1 fully saturated rings. The fraction of sp³-hybridized carbons (Fsp3) is 0.500. The molecule has 4 heteroatoms. The second-order valence-corrected chi connectivity index (χ2v) is 7.71. The number of nitrogens with zero attached hydrogens (tertiary/aromatic N) is 1. The Morgan fingerprint density at radius 3 is 2.35 bits per heavy atom. The van der Waals surface area contributed by atoms with Gasteiger partial charge in [-0.2, -0.15) is 0 Å². The third kappa shape index (κ3) is 3.42. The Balaban J connectivity index is 2.12. The Hall–Kier alpha value is -1.29. The van der Waals surface area contributed by atoms with Crippen molar-refractivity contribution in [2.45, 2.75) is 44.8 Å². The minimum atomic E-state index is 0.0766. The van der Waals surface area contributed by atoms with Crippen LogP contribution in [-0.4, -0.2) is 22.8 Å². The fourth-order valence-electron chi connectivity index (χ4n) is 2.38. The van der Waals surface area contributed by atoms with Gasteiger partial charge in [-0.15, -0.1) is 0 Å². The summed E-state index contributed by atoms with van der Waals surface area (Å²) in [4.78, 5) is 25.0. The Kier molecular flexibility index (Phi) is 4.23. The number of carbonyl (C=O) groups is 2. The largest absolute Gasteiger partial charge is 0.311 e. The van der Waals surface area contributed by atoms with Crippen LogP contribution in [0.1, 0.15) is 39.7 Å². The maximum atomic E-state index is 12.0. The molecule has 1 aliphatic rings. The van der Waals surface area contributed by atoms with E-state index in [0.717, 1.165) is 5.69 Å². The predicted octanol–water partition coefficient (Wildman–Crippen LogP) is 3.37. The van der Waals surface area contributed by atoms with E-state index in [1.165, 1.54) is 17.3 Å². The van der Waals surface area contributed by atoms with Crippen LogP contribution < -0.4 is 4.90 Å². The molecular formula is C16H21NO2S. The van der Waals surface area contributed by atoms with Crippen molar-refractivity contribution in [3.05, 3.63) is 29.8 Å². The van der Waals surface area contributed by atoms with Crippen LogP contribution in [0.5, 0.6) is 0 Å². The number of benzene rings is 1. The minimum absolute atomic E-state index is 0.0766. The molecule has 1 aromatic carbocycles. The summed E-state index contributed by atoms with van der Waals surface area (Å²) in [5, 5.41) is 0.162. The van der Waals surface area contributed by atoms with Crippen molar-refractivity contribution in [1.29, 1.82) is 0 Å². The van der Waals surface area contributed by atoms with E-state index in [2.05, 4.69) is 32.9 Å². The molecule has 2 rings (SSSR count). The van der Waals surface area contributed by atoms with Gasteiger partial charge in [0, 0.05) is 30.8 Å². The van der Waals surface area contributed by atoms with Gasteiger partial charge in [-0.25, -0.2) is 0 Å². The summed E-state index contributed by atoms with van der Waals surface area (Å²) in [6.07, 6.45) is 0.450. The topological polar surface area (TPSA) is 37.4 Å². The number of carbonyl (C=O) groups excluding carboxylic acids is 2. The monoisotopic (exact) mass is 291 g/mol. The van der Waals surface area contributed by atoms with Gasteiger partial charge in [-0.05, 0) is 23.1 Å². The van der Waals surface area contributed by atoms with Gasteiger partial charge in [0.2, 0.25) is 5.91 Å². The van der Waals surface area contributed by atoms with Crippen molar-refractivity contribution in [2.75, 3.05) is 11.4 Å². The van der Waals surface area contributed by atoms with Crippen molar-refractivity contribution < 1.29 is 9.59 Å². The zero-order valence-electron chi connectivity index (χ0n) is 12.5. The molecule has 0 saturated carbocycles. The molecule has 0 aromatic heterocycles. The third-order valence-corrected chi connectivity index (χ3v) is 4.45. The highest BCUT2D eigenvalue weighted by Gasteiger charge is 2.31. The Bertz CT molecular complexity index is 516. The molecule has 0 radical (unpaired) electrons. The normalized spacial score (nSPS) is 19.5. The van der Waals surface area contributed by atoms with Gasteiger partial charge in [-0.3, -0.25) is 9.59 Å². The molecule has 1 atom stereocenters. The molecule has 1 unspecified atom stereocenters. The summed E-state index contributed by atoms with van der Waals surface area (Å²) < 4.78 is 0. The van der Waals surface area contributed by atoms with E-state index < -0.39 is 0 Å². The molecule has 20 heavy (non-hydrogen) atoms. The van der Waals surface area contributed by atoms with Crippen LogP contribution in [0.3, 0.4) is 0 Å². The number of hydrogen-bond acceptors (Lipinski definition) is 3. The van der Waals surface area contributed by atoms with Crippen LogP contribution in [0.4, 0.5) is 5.69 Å². The smallest absolute Gasteiger partial charge is 0.228 e. The van der Waals surface area contributed by atoms with Gasteiger partial charge in [0.25, 0.3) is 0 Å². The Morgan fingerprint density at radius 1 is 1.25 bits per heavy atom. The highest BCUT2D eigenvalue weighted by Crippen LogP contribution is 2.30. The standard InChI is InChI=1S/C16H21NO2S/c1-11(18)20-14-9-15(19)17(10-14)13-7-5-12(6-8-13)16(2,3)4/h5-8,14H,9-10H2,1-4H3. The van der Waals surface area contributed by atoms with E-state index in [1.807, 2.05) is 12.1 Å². The number of thioether (sulfide) groups is 1. The first-order valence-electron chi connectivity index (χ1n) is 6.85. The summed E-state index contributed by atoms with van der Waals surface area (Å²) in [5.41, 5.74) is 2.29. The average molecular weight is 291 g/mol. The third-order valence-electron chi connectivity index (χ3n) is 3.47. The van der Waals surface area contributed by atoms with Gasteiger partial charge < -0.3 is 4.90 Å². The predicted molar refractivity (Wildman–Crippen MR) is 84.2 cm³/mol. The molecule has 1 amide bonds. The highest BCUT2D eigenvalue weighted by atomic mass is 32.2. The minimum Gasteiger partial charge on any atom is -0.311 e.